The molecule has 1 atom stereocenters. The Hall–Kier alpha value is -1.77. The molecule has 2 aliphatic carbocycles. The molecule has 1 unspecified atom stereocenters. The number of hydrogen-bond donors (Lipinski definition) is 0. The van der Waals surface area contributed by atoms with Gasteiger partial charge < -0.3 is 4.74 Å². The van der Waals surface area contributed by atoms with Gasteiger partial charge in [0.1, 0.15) is 5.75 Å². The standard InChI is InChI=1S/C20H26N2O/c1-13(2)15-9-10-18-19(11-15)22(21-20(18)14-7-8-14)16-5-4-6-17(12-16)23-3/h4-6,12-15H,7-11H2,1-3H3. The van der Waals surface area contributed by atoms with Crippen LogP contribution in [0, 0.1) is 11.8 Å². The van der Waals surface area contributed by atoms with E-state index in [-0.39, 0.29) is 0 Å². The smallest absolute Gasteiger partial charge is 0.121 e. The predicted octanol–water partition coefficient (Wildman–Crippen LogP) is 4.52. The molecular weight excluding hydrogens is 284 g/mol. The van der Waals surface area contributed by atoms with Gasteiger partial charge in [-0.2, -0.15) is 5.10 Å². The summed E-state index contributed by atoms with van der Waals surface area (Å²) in [7, 11) is 1.72. The van der Waals surface area contributed by atoms with E-state index in [4.69, 9.17) is 9.84 Å². The number of aromatic nitrogens is 2. The molecule has 0 spiro atoms. The number of benzene rings is 1. The van der Waals surface area contributed by atoms with Crippen molar-refractivity contribution in [1.29, 1.82) is 0 Å². The Labute approximate surface area is 138 Å². The minimum atomic E-state index is 0.714. The second-order valence-electron chi connectivity index (χ2n) is 7.44. The highest BCUT2D eigenvalue weighted by atomic mass is 16.5. The van der Waals surface area contributed by atoms with Crippen LogP contribution in [0.15, 0.2) is 24.3 Å². The summed E-state index contributed by atoms with van der Waals surface area (Å²) in [6.07, 6.45) is 6.30. The minimum absolute atomic E-state index is 0.714. The zero-order valence-electron chi connectivity index (χ0n) is 14.4. The van der Waals surface area contributed by atoms with Crippen LogP contribution in [0.5, 0.6) is 5.75 Å². The SMILES string of the molecule is COc1cccc(-n2nc(C3CC3)c3c2CC(C(C)C)CC3)c1. The first-order valence-electron chi connectivity index (χ1n) is 8.92. The minimum Gasteiger partial charge on any atom is -0.497 e. The normalized spacial score (nSPS) is 20.6. The van der Waals surface area contributed by atoms with Gasteiger partial charge in [0.15, 0.2) is 0 Å². The van der Waals surface area contributed by atoms with Gasteiger partial charge in [-0.25, -0.2) is 4.68 Å². The first kappa shape index (κ1) is 14.8. The molecule has 1 aromatic heterocycles. The molecule has 1 heterocycles. The average molecular weight is 310 g/mol. The Morgan fingerprint density at radius 3 is 2.74 bits per heavy atom. The Kier molecular flexibility index (Phi) is 3.67. The molecule has 1 saturated carbocycles. The fraction of sp³-hybridized carbons (Fsp3) is 0.550. The maximum absolute atomic E-state index is 5.41. The van der Waals surface area contributed by atoms with Crippen LogP contribution in [0.25, 0.3) is 5.69 Å². The van der Waals surface area contributed by atoms with E-state index in [1.165, 1.54) is 37.1 Å². The van der Waals surface area contributed by atoms with Crippen LogP contribution in [0.3, 0.4) is 0 Å². The zero-order valence-corrected chi connectivity index (χ0v) is 14.4. The Morgan fingerprint density at radius 1 is 1.22 bits per heavy atom. The fourth-order valence-electron chi connectivity index (χ4n) is 3.88. The third kappa shape index (κ3) is 2.66. The molecule has 0 aliphatic heterocycles. The van der Waals surface area contributed by atoms with Crippen molar-refractivity contribution < 1.29 is 4.74 Å². The van der Waals surface area contributed by atoms with E-state index in [2.05, 4.69) is 36.7 Å². The zero-order chi connectivity index (χ0) is 16.0. The van der Waals surface area contributed by atoms with E-state index in [0.29, 0.717) is 5.92 Å². The quantitative estimate of drug-likeness (QED) is 0.830. The van der Waals surface area contributed by atoms with Gasteiger partial charge in [0.05, 0.1) is 18.5 Å². The highest BCUT2D eigenvalue weighted by Crippen LogP contribution is 2.44. The van der Waals surface area contributed by atoms with Crippen LogP contribution in [0.4, 0.5) is 0 Å². The fourth-order valence-corrected chi connectivity index (χ4v) is 3.88. The van der Waals surface area contributed by atoms with Gasteiger partial charge in [-0.15, -0.1) is 0 Å². The lowest BCUT2D eigenvalue weighted by Gasteiger charge is -2.26. The van der Waals surface area contributed by atoms with Crippen molar-refractivity contribution in [2.75, 3.05) is 7.11 Å². The summed E-state index contributed by atoms with van der Waals surface area (Å²) < 4.78 is 7.61. The number of methoxy groups -OCH3 is 1. The molecule has 3 nitrogen and oxygen atoms in total. The van der Waals surface area contributed by atoms with Crippen LogP contribution < -0.4 is 4.74 Å². The van der Waals surface area contributed by atoms with Crippen molar-refractivity contribution in [1.82, 2.24) is 9.78 Å². The van der Waals surface area contributed by atoms with Gasteiger partial charge in [-0.1, -0.05) is 19.9 Å². The van der Waals surface area contributed by atoms with Crippen molar-refractivity contribution in [3.63, 3.8) is 0 Å². The lowest BCUT2D eigenvalue weighted by molar-refractivity contribution is 0.337. The maximum Gasteiger partial charge on any atom is 0.121 e. The molecule has 23 heavy (non-hydrogen) atoms. The number of hydrogen-bond acceptors (Lipinski definition) is 2. The molecule has 0 amide bonds. The molecule has 2 aromatic rings. The first-order valence-corrected chi connectivity index (χ1v) is 8.92. The van der Waals surface area contributed by atoms with Gasteiger partial charge >= 0.3 is 0 Å². The monoisotopic (exact) mass is 310 g/mol. The molecule has 2 aliphatic rings. The van der Waals surface area contributed by atoms with Crippen LogP contribution in [0.2, 0.25) is 0 Å². The molecule has 0 saturated heterocycles. The molecule has 1 fully saturated rings. The van der Waals surface area contributed by atoms with Crippen LogP contribution in [-0.2, 0) is 12.8 Å². The Bertz CT molecular complexity index is 712. The Balaban J connectivity index is 1.80. The average Bonchev–Trinajstić information content (AvgIpc) is 3.35. The maximum atomic E-state index is 5.41. The van der Waals surface area contributed by atoms with Crippen molar-refractivity contribution >= 4 is 0 Å². The summed E-state index contributed by atoms with van der Waals surface area (Å²) in [4.78, 5) is 0. The van der Waals surface area contributed by atoms with E-state index in [1.54, 1.807) is 12.7 Å². The summed E-state index contributed by atoms with van der Waals surface area (Å²) in [6.45, 7) is 4.70. The highest BCUT2D eigenvalue weighted by molar-refractivity contribution is 5.44. The lowest BCUT2D eigenvalue weighted by Crippen LogP contribution is -2.21. The second kappa shape index (κ2) is 5.70. The van der Waals surface area contributed by atoms with E-state index in [1.807, 2.05) is 6.07 Å². The predicted molar refractivity (Wildman–Crippen MR) is 92.4 cm³/mol. The molecule has 0 N–H and O–H groups in total. The second-order valence-corrected chi connectivity index (χ2v) is 7.44. The largest absolute Gasteiger partial charge is 0.497 e. The molecular formula is C20H26N2O. The van der Waals surface area contributed by atoms with Gasteiger partial charge in [0, 0.05) is 17.7 Å². The lowest BCUT2D eigenvalue weighted by atomic mass is 9.80. The van der Waals surface area contributed by atoms with Crippen molar-refractivity contribution in [2.24, 2.45) is 11.8 Å². The van der Waals surface area contributed by atoms with E-state index in [0.717, 1.165) is 29.7 Å². The van der Waals surface area contributed by atoms with E-state index in [9.17, 15) is 0 Å². The van der Waals surface area contributed by atoms with Gasteiger partial charge in [0.2, 0.25) is 0 Å². The summed E-state index contributed by atoms with van der Waals surface area (Å²) in [6, 6.07) is 8.30. The van der Waals surface area contributed by atoms with E-state index >= 15 is 0 Å². The van der Waals surface area contributed by atoms with Gasteiger partial charge in [-0.3, -0.25) is 0 Å². The molecule has 4 rings (SSSR count). The third-order valence-electron chi connectivity index (χ3n) is 5.55. The summed E-state index contributed by atoms with van der Waals surface area (Å²) >= 11 is 0. The molecule has 122 valence electrons. The van der Waals surface area contributed by atoms with Crippen molar-refractivity contribution in [3.8, 4) is 11.4 Å². The highest BCUT2D eigenvalue weighted by Gasteiger charge is 2.35. The summed E-state index contributed by atoms with van der Waals surface area (Å²) in [5.74, 6) is 3.12. The molecule has 0 radical (unpaired) electrons. The van der Waals surface area contributed by atoms with Gasteiger partial charge in [0.25, 0.3) is 0 Å². The summed E-state index contributed by atoms with van der Waals surface area (Å²) in [5.41, 5.74) is 5.51. The first-order chi connectivity index (χ1) is 11.2. The number of nitrogens with zero attached hydrogens (tertiary/aromatic N) is 2. The molecule has 3 heteroatoms. The molecule has 0 bridgehead atoms. The number of rotatable bonds is 4. The van der Waals surface area contributed by atoms with Crippen LogP contribution in [0.1, 0.15) is 56.0 Å². The number of fused-ring (bicyclic) bond motifs is 1. The topological polar surface area (TPSA) is 27.1 Å². The molecule has 1 aromatic carbocycles. The van der Waals surface area contributed by atoms with E-state index < -0.39 is 0 Å². The van der Waals surface area contributed by atoms with Crippen molar-refractivity contribution in [3.05, 3.63) is 41.2 Å². The van der Waals surface area contributed by atoms with Crippen LogP contribution >= 0.6 is 0 Å². The van der Waals surface area contributed by atoms with Crippen LogP contribution in [-0.4, -0.2) is 16.9 Å². The van der Waals surface area contributed by atoms with Crippen molar-refractivity contribution in [2.45, 2.75) is 51.9 Å². The Morgan fingerprint density at radius 2 is 2.04 bits per heavy atom. The van der Waals surface area contributed by atoms with Gasteiger partial charge in [-0.05, 0) is 61.6 Å². The third-order valence-corrected chi connectivity index (χ3v) is 5.55. The number of ether oxygens (including phenoxy) is 1. The summed E-state index contributed by atoms with van der Waals surface area (Å²) in [5, 5.41) is 5.05.